The molecule has 0 saturated heterocycles. The van der Waals surface area contributed by atoms with Crippen molar-refractivity contribution >= 4 is 5.91 Å². The second-order valence-electron chi connectivity index (χ2n) is 2.13. The molecule has 0 aliphatic heterocycles. The fourth-order valence-corrected chi connectivity index (χ4v) is 0.747. The Morgan fingerprint density at radius 2 is 2.30 bits per heavy atom. The molecule has 0 spiro atoms. The van der Waals surface area contributed by atoms with Crippen LogP contribution in [0.1, 0.15) is 17.4 Å². The van der Waals surface area contributed by atoms with Crippen molar-refractivity contribution in [3.05, 3.63) is 22.1 Å². The topological polar surface area (TPSA) is 54.9 Å². The molecule has 0 unspecified atom stereocenters. The molecule has 0 saturated carbocycles. The Morgan fingerprint density at radius 1 is 1.70 bits per heavy atom. The van der Waals surface area contributed by atoms with Gasteiger partial charge in [0.1, 0.15) is 0 Å². The van der Waals surface area contributed by atoms with Gasteiger partial charge in [0.05, 0.1) is 0 Å². The molecule has 1 heterocycles. The Hall–Kier alpha value is -1.32. The lowest BCUT2D eigenvalue weighted by Crippen LogP contribution is -2.21. The number of nitrogens with zero attached hydrogens (tertiary/aromatic N) is 1. The van der Waals surface area contributed by atoms with E-state index in [2.05, 4.69) is 5.10 Å². The summed E-state index contributed by atoms with van der Waals surface area (Å²) in [5.74, 6) is -0.293. The third-order valence-electron chi connectivity index (χ3n) is 1.16. The summed E-state index contributed by atoms with van der Waals surface area (Å²) >= 11 is 0. The Bertz CT molecular complexity index is 308. The van der Waals surface area contributed by atoms with Gasteiger partial charge in [-0.15, -0.1) is 0 Å². The standard InChI is InChI=1S/C6H8N2O2/c1-4-3-6(10)8(7-4)5(2)9/h3,7H,1-2H3. The third kappa shape index (κ3) is 1.00. The maximum Gasteiger partial charge on any atom is 0.273 e. The van der Waals surface area contributed by atoms with Gasteiger partial charge in [0.15, 0.2) is 0 Å². The van der Waals surface area contributed by atoms with Crippen molar-refractivity contribution < 1.29 is 4.79 Å². The first-order chi connectivity index (χ1) is 4.61. The molecule has 0 aromatic carbocycles. The van der Waals surface area contributed by atoms with Crippen LogP contribution in [-0.2, 0) is 0 Å². The number of nitrogens with one attached hydrogen (secondary N) is 1. The first-order valence-electron chi connectivity index (χ1n) is 2.91. The van der Waals surface area contributed by atoms with Crippen LogP contribution in [0.2, 0.25) is 0 Å². The zero-order valence-corrected chi connectivity index (χ0v) is 5.84. The zero-order valence-electron chi connectivity index (χ0n) is 5.84. The van der Waals surface area contributed by atoms with Crippen LogP contribution in [0.25, 0.3) is 0 Å². The van der Waals surface area contributed by atoms with Crippen LogP contribution < -0.4 is 5.56 Å². The second-order valence-corrected chi connectivity index (χ2v) is 2.13. The molecule has 1 aromatic rings. The van der Waals surface area contributed by atoms with Gasteiger partial charge >= 0.3 is 0 Å². The minimum Gasteiger partial charge on any atom is -0.293 e. The Kier molecular flexibility index (Phi) is 1.45. The summed E-state index contributed by atoms with van der Waals surface area (Å²) in [5.41, 5.74) is 0.394. The first kappa shape index (κ1) is 6.80. The quantitative estimate of drug-likeness (QED) is 0.557. The summed E-state index contributed by atoms with van der Waals surface area (Å²) in [6.45, 7) is 3.05. The lowest BCUT2D eigenvalue weighted by molar-refractivity contribution is 0.0917. The second kappa shape index (κ2) is 2.13. The Balaban J connectivity index is 3.29. The van der Waals surface area contributed by atoms with E-state index in [1.54, 1.807) is 6.92 Å². The number of H-pyrrole nitrogens is 1. The number of aryl methyl sites for hydroxylation is 1. The van der Waals surface area contributed by atoms with Crippen molar-refractivity contribution in [1.29, 1.82) is 0 Å². The molecule has 0 radical (unpaired) electrons. The van der Waals surface area contributed by atoms with Gasteiger partial charge in [0, 0.05) is 18.7 Å². The highest BCUT2D eigenvalue weighted by Gasteiger charge is 2.01. The van der Waals surface area contributed by atoms with Gasteiger partial charge in [-0.2, -0.15) is 4.68 Å². The third-order valence-corrected chi connectivity index (χ3v) is 1.16. The molecule has 0 amide bonds. The Labute approximate surface area is 57.5 Å². The highest BCUT2D eigenvalue weighted by atomic mass is 16.2. The molecule has 0 aliphatic carbocycles. The molecule has 54 valence electrons. The van der Waals surface area contributed by atoms with E-state index in [1.165, 1.54) is 13.0 Å². The maximum absolute atomic E-state index is 10.8. The number of rotatable bonds is 0. The van der Waals surface area contributed by atoms with E-state index in [1.807, 2.05) is 0 Å². The lowest BCUT2D eigenvalue weighted by atomic mass is 10.5. The molecular formula is C6H8N2O2. The van der Waals surface area contributed by atoms with E-state index in [0.29, 0.717) is 5.69 Å². The van der Waals surface area contributed by atoms with Crippen molar-refractivity contribution in [2.45, 2.75) is 13.8 Å². The Morgan fingerprint density at radius 3 is 2.50 bits per heavy atom. The highest BCUT2D eigenvalue weighted by molar-refractivity contribution is 5.74. The van der Waals surface area contributed by atoms with Gasteiger partial charge in [-0.3, -0.25) is 14.7 Å². The lowest BCUT2D eigenvalue weighted by Gasteiger charge is -1.90. The van der Waals surface area contributed by atoms with Crippen LogP contribution in [0.3, 0.4) is 0 Å². The summed E-state index contributed by atoms with van der Waals surface area (Å²) < 4.78 is 0.968. The van der Waals surface area contributed by atoms with E-state index < -0.39 is 0 Å². The molecular weight excluding hydrogens is 132 g/mol. The van der Waals surface area contributed by atoms with E-state index in [4.69, 9.17) is 0 Å². The average molecular weight is 140 g/mol. The van der Waals surface area contributed by atoms with Crippen molar-refractivity contribution in [1.82, 2.24) is 9.78 Å². The summed E-state index contributed by atoms with van der Waals surface area (Å²) in [6, 6.07) is 1.38. The molecule has 0 fully saturated rings. The average Bonchev–Trinajstić information content (AvgIpc) is 2.10. The zero-order chi connectivity index (χ0) is 7.72. The molecule has 10 heavy (non-hydrogen) atoms. The molecule has 1 rings (SSSR count). The number of aromatic nitrogens is 2. The van der Waals surface area contributed by atoms with Gasteiger partial charge < -0.3 is 0 Å². The number of aromatic amines is 1. The van der Waals surface area contributed by atoms with Crippen LogP contribution in [0, 0.1) is 6.92 Å². The van der Waals surface area contributed by atoms with E-state index >= 15 is 0 Å². The minimum atomic E-state index is -0.301. The van der Waals surface area contributed by atoms with Crippen molar-refractivity contribution in [2.24, 2.45) is 0 Å². The fraction of sp³-hybridized carbons (Fsp3) is 0.333. The molecule has 4 heteroatoms. The summed E-state index contributed by atoms with van der Waals surface area (Å²) in [6.07, 6.45) is 0. The number of carbonyl (C=O) groups is 1. The monoisotopic (exact) mass is 140 g/mol. The molecule has 0 atom stereocenters. The van der Waals surface area contributed by atoms with E-state index in [-0.39, 0.29) is 11.5 Å². The summed E-state index contributed by atoms with van der Waals surface area (Å²) in [4.78, 5) is 21.4. The first-order valence-corrected chi connectivity index (χ1v) is 2.91. The van der Waals surface area contributed by atoms with E-state index in [0.717, 1.165) is 4.68 Å². The summed E-state index contributed by atoms with van der Waals surface area (Å²) in [5, 5.41) is 2.60. The van der Waals surface area contributed by atoms with Gasteiger partial charge in [-0.1, -0.05) is 0 Å². The predicted molar refractivity (Wildman–Crippen MR) is 36.1 cm³/mol. The van der Waals surface area contributed by atoms with E-state index in [9.17, 15) is 9.59 Å². The molecule has 0 bridgehead atoms. The molecule has 0 aliphatic rings. The maximum atomic E-state index is 10.8. The highest BCUT2D eigenvalue weighted by Crippen LogP contribution is 1.84. The van der Waals surface area contributed by atoms with Gasteiger partial charge in [0.25, 0.3) is 5.56 Å². The van der Waals surface area contributed by atoms with Crippen molar-refractivity contribution in [3.8, 4) is 0 Å². The fourth-order valence-electron chi connectivity index (χ4n) is 0.747. The van der Waals surface area contributed by atoms with Crippen LogP contribution in [0.5, 0.6) is 0 Å². The van der Waals surface area contributed by atoms with Crippen LogP contribution in [-0.4, -0.2) is 15.7 Å². The van der Waals surface area contributed by atoms with Gasteiger partial charge in [-0.05, 0) is 6.92 Å². The molecule has 4 nitrogen and oxygen atoms in total. The number of carbonyl (C=O) groups excluding carboxylic acids is 1. The SMILES string of the molecule is CC(=O)n1[nH]c(C)cc1=O. The number of hydrogen-bond acceptors (Lipinski definition) is 2. The minimum absolute atomic E-state index is 0.293. The molecule has 1 N–H and O–H groups in total. The summed E-state index contributed by atoms with van der Waals surface area (Å²) in [7, 11) is 0. The predicted octanol–water partition coefficient (Wildman–Crippen LogP) is 0.145. The molecule has 1 aromatic heterocycles. The van der Waals surface area contributed by atoms with Crippen molar-refractivity contribution in [2.75, 3.05) is 0 Å². The largest absolute Gasteiger partial charge is 0.293 e. The van der Waals surface area contributed by atoms with Crippen molar-refractivity contribution in [3.63, 3.8) is 0 Å². The van der Waals surface area contributed by atoms with Crippen LogP contribution >= 0.6 is 0 Å². The van der Waals surface area contributed by atoms with Crippen LogP contribution in [0.15, 0.2) is 10.9 Å². The normalized spacial score (nSPS) is 9.80. The van der Waals surface area contributed by atoms with Gasteiger partial charge in [-0.25, -0.2) is 0 Å². The number of hydrogen-bond donors (Lipinski definition) is 1. The smallest absolute Gasteiger partial charge is 0.273 e. The van der Waals surface area contributed by atoms with Crippen LogP contribution in [0.4, 0.5) is 0 Å². The van der Waals surface area contributed by atoms with Gasteiger partial charge in [0.2, 0.25) is 5.91 Å².